The molecule has 4 heterocycles. The smallest absolute Gasteiger partial charge is 0.270 e. The molecule has 180 valence electrons. The van der Waals surface area contributed by atoms with E-state index in [0.717, 1.165) is 75.4 Å². The van der Waals surface area contributed by atoms with E-state index in [1.54, 1.807) is 7.11 Å². The number of ether oxygens (including phenoxy) is 1. The van der Waals surface area contributed by atoms with Crippen molar-refractivity contribution in [3.63, 3.8) is 0 Å². The van der Waals surface area contributed by atoms with Crippen LogP contribution in [0.2, 0.25) is 0 Å². The number of rotatable bonds is 5. The van der Waals surface area contributed by atoms with Crippen LogP contribution in [0.1, 0.15) is 45.9 Å². The van der Waals surface area contributed by atoms with Crippen LogP contribution in [0.25, 0.3) is 10.9 Å². The Morgan fingerprint density at radius 3 is 2.56 bits per heavy atom. The van der Waals surface area contributed by atoms with Gasteiger partial charge >= 0.3 is 0 Å². The minimum absolute atomic E-state index is 0.153. The molecule has 0 spiro atoms. The maximum absolute atomic E-state index is 13.3. The fourth-order valence-electron chi connectivity index (χ4n) is 5.53. The van der Waals surface area contributed by atoms with E-state index >= 15 is 0 Å². The monoisotopic (exact) mass is 461 g/mol. The average molecular weight is 462 g/mol. The lowest BCUT2D eigenvalue weighted by Gasteiger charge is -2.32. The molecule has 0 atom stereocenters. The van der Waals surface area contributed by atoms with Crippen molar-refractivity contribution in [3.8, 4) is 5.88 Å². The van der Waals surface area contributed by atoms with Gasteiger partial charge in [-0.05, 0) is 67.6 Å². The van der Waals surface area contributed by atoms with E-state index < -0.39 is 0 Å². The summed E-state index contributed by atoms with van der Waals surface area (Å²) in [7, 11) is 3.67. The number of piperazine rings is 1. The van der Waals surface area contributed by atoms with Gasteiger partial charge in [0.25, 0.3) is 5.91 Å². The summed E-state index contributed by atoms with van der Waals surface area (Å²) < 4.78 is 7.25. The molecule has 1 aromatic carbocycles. The molecule has 3 aromatic rings. The maximum Gasteiger partial charge on any atom is 0.270 e. The van der Waals surface area contributed by atoms with Gasteiger partial charge in [0.1, 0.15) is 5.69 Å². The summed E-state index contributed by atoms with van der Waals surface area (Å²) in [5.41, 5.74) is 5.70. The Hall–Kier alpha value is -2.90. The van der Waals surface area contributed by atoms with E-state index in [9.17, 15) is 4.79 Å². The van der Waals surface area contributed by atoms with Crippen molar-refractivity contribution >= 4 is 16.8 Å². The number of amides is 1. The summed E-state index contributed by atoms with van der Waals surface area (Å²) in [6.45, 7) is 8.47. The van der Waals surface area contributed by atoms with Crippen molar-refractivity contribution in [1.82, 2.24) is 24.7 Å². The van der Waals surface area contributed by atoms with Crippen molar-refractivity contribution in [1.29, 1.82) is 0 Å². The molecule has 0 aliphatic carbocycles. The summed E-state index contributed by atoms with van der Waals surface area (Å²) in [6.07, 6.45) is 4.21. The Balaban J connectivity index is 1.29. The molecule has 1 amide bonds. The van der Waals surface area contributed by atoms with Gasteiger partial charge in [0.2, 0.25) is 5.88 Å². The van der Waals surface area contributed by atoms with E-state index in [1.165, 1.54) is 16.5 Å². The number of nitrogens with zero attached hydrogens (tertiary/aromatic N) is 4. The number of nitrogens with one attached hydrogen (secondary N) is 1. The number of carbonyl (C=O) groups excluding carboxylic acids is 1. The first-order valence-electron chi connectivity index (χ1n) is 12.4. The van der Waals surface area contributed by atoms with Crippen molar-refractivity contribution in [2.75, 3.05) is 46.4 Å². The second-order valence-corrected chi connectivity index (χ2v) is 9.61. The van der Waals surface area contributed by atoms with Crippen LogP contribution in [0.5, 0.6) is 5.88 Å². The molecule has 2 aromatic heterocycles. The number of pyridine rings is 1. The Morgan fingerprint density at radius 1 is 1.12 bits per heavy atom. The van der Waals surface area contributed by atoms with E-state index in [-0.39, 0.29) is 5.91 Å². The Bertz CT molecular complexity index is 1160. The van der Waals surface area contributed by atoms with Gasteiger partial charge in [0.15, 0.2) is 0 Å². The number of hydrogen-bond acceptors (Lipinski definition) is 5. The van der Waals surface area contributed by atoms with Gasteiger partial charge in [-0.25, -0.2) is 4.98 Å². The molecule has 0 saturated carbocycles. The first-order chi connectivity index (χ1) is 16.5. The first-order valence-corrected chi connectivity index (χ1v) is 12.4. The number of carbonyl (C=O) groups is 1. The van der Waals surface area contributed by atoms with Crippen LogP contribution in [0.3, 0.4) is 0 Å². The lowest BCUT2D eigenvalue weighted by molar-refractivity contribution is 0.0726. The third-order valence-corrected chi connectivity index (χ3v) is 7.56. The fourth-order valence-corrected chi connectivity index (χ4v) is 5.53. The van der Waals surface area contributed by atoms with Crippen LogP contribution < -0.4 is 10.1 Å². The number of methoxy groups -OCH3 is 1. The van der Waals surface area contributed by atoms with Crippen molar-refractivity contribution in [2.24, 2.45) is 7.05 Å². The molecule has 2 fully saturated rings. The number of piperidine rings is 1. The van der Waals surface area contributed by atoms with Gasteiger partial charge in [-0.15, -0.1) is 0 Å². The topological polar surface area (TPSA) is 62.6 Å². The predicted molar refractivity (Wildman–Crippen MR) is 134 cm³/mol. The number of likely N-dealkylation sites (tertiary alicyclic amines) is 1. The molecule has 0 bridgehead atoms. The predicted octanol–water partition coefficient (Wildman–Crippen LogP) is 3.32. The third-order valence-electron chi connectivity index (χ3n) is 7.56. The number of aryl methyl sites for hydroxylation is 2. The van der Waals surface area contributed by atoms with E-state index in [4.69, 9.17) is 4.74 Å². The molecule has 1 N–H and O–H groups in total. The highest BCUT2D eigenvalue weighted by molar-refractivity contribution is 6.01. The van der Waals surface area contributed by atoms with Gasteiger partial charge in [-0.2, -0.15) is 0 Å². The summed E-state index contributed by atoms with van der Waals surface area (Å²) in [6, 6.07) is 10.9. The largest absolute Gasteiger partial charge is 0.481 e. The lowest BCUT2D eigenvalue weighted by Crippen LogP contribution is -2.47. The molecule has 5 rings (SSSR count). The highest BCUT2D eigenvalue weighted by Gasteiger charge is 2.26. The van der Waals surface area contributed by atoms with Crippen LogP contribution in [0.4, 0.5) is 0 Å². The second kappa shape index (κ2) is 9.76. The molecule has 0 radical (unpaired) electrons. The van der Waals surface area contributed by atoms with Crippen LogP contribution in [-0.2, 0) is 13.6 Å². The van der Waals surface area contributed by atoms with Gasteiger partial charge in [-0.1, -0.05) is 12.1 Å². The minimum atomic E-state index is 0.153. The van der Waals surface area contributed by atoms with E-state index in [0.29, 0.717) is 11.8 Å². The number of fused-ring (bicyclic) bond motifs is 1. The van der Waals surface area contributed by atoms with Crippen molar-refractivity contribution < 1.29 is 9.53 Å². The molecular weight excluding hydrogens is 426 g/mol. The van der Waals surface area contributed by atoms with Crippen LogP contribution in [0, 0.1) is 6.92 Å². The zero-order valence-corrected chi connectivity index (χ0v) is 20.5. The van der Waals surface area contributed by atoms with E-state index in [1.807, 2.05) is 24.2 Å². The quantitative estimate of drug-likeness (QED) is 0.632. The molecule has 0 unspecified atom stereocenters. The number of aromatic nitrogens is 2. The number of benzene rings is 1. The lowest BCUT2D eigenvalue weighted by atomic mass is 9.88. The van der Waals surface area contributed by atoms with Crippen LogP contribution >= 0.6 is 0 Å². The Labute approximate surface area is 201 Å². The Kier molecular flexibility index (Phi) is 6.57. The third kappa shape index (κ3) is 4.42. The Morgan fingerprint density at radius 2 is 1.88 bits per heavy atom. The zero-order chi connectivity index (χ0) is 23.7. The van der Waals surface area contributed by atoms with Crippen LogP contribution in [0.15, 0.2) is 36.5 Å². The fraction of sp³-hybridized carbons (Fsp3) is 0.481. The molecular formula is C27H35N5O2. The summed E-state index contributed by atoms with van der Waals surface area (Å²) in [5, 5.41) is 4.54. The van der Waals surface area contributed by atoms with Gasteiger partial charge in [0, 0.05) is 62.9 Å². The highest BCUT2D eigenvalue weighted by Crippen LogP contribution is 2.33. The highest BCUT2D eigenvalue weighted by atomic mass is 16.5. The summed E-state index contributed by atoms with van der Waals surface area (Å²) in [4.78, 5) is 22.1. The van der Waals surface area contributed by atoms with Gasteiger partial charge in [-0.3, -0.25) is 9.69 Å². The second-order valence-electron chi connectivity index (χ2n) is 9.61. The first kappa shape index (κ1) is 22.9. The maximum atomic E-state index is 13.3. The minimum Gasteiger partial charge on any atom is -0.481 e. The summed E-state index contributed by atoms with van der Waals surface area (Å²) >= 11 is 0. The molecule has 7 nitrogen and oxygen atoms in total. The average Bonchev–Trinajstić information content (AvgIpc) is 3.14. The standard InChI is InChI=1S/C27H35N5O2/c1-19-23-16-22(5-6-24(23)30(2)26(19)27(33)32-14-10-28-11-15-32)21-8-12-31(13-9-21)18-20-4-7-25(34-3)29-17-20/h4-7,16-17,21,28H,8-15,18H2,1-3H3. The molecule has 2 saturated heterocycles. The molecule has 2 aliphatic rings. The molecule has 2 aliphatic heterocycles. The van der Waals surface area contributed by atoms with Gasteiger partial charge in [0.05, 0.1) is 7.11 Å². The van der Waals surface area contributed by atoms with E-state index in [2.05, 4.69) is 51.0 Å². The van der Waals surface area contributed by atoms with Crippen LogP contribution in [-0.4, -0.2) is 71.6 Å². The number of hydrogen-bond donors (Lipinski definition) is 1. The summed E-state index contributed by atoms with van der Waals surface area (Å²) in [5.74, 6) is 1.37. The van der Waals surface area contributed by atoms with Crippen molar-refractivity contribution in [2.45, 2.75) is 32.2 Å². The zero-order valence-electron chi connectivity index (χ0n) is 20.5. The van der Waals surface area contributed by atoms with Crippen molar-refractivity contribution in [3.05, 3.63) is 58.9 Å². The molecule has 34 heavy (non-hydrogen) atoms. The molecule has 7 heteroatoms. The SMILES string of the molecule is COc1ccc(CN2CCC(c3ccc4c(c3)c(C)c(C(=O)N3CCNCC3)n4C)CC2)cn1. The van der Waals surface area contributed by atoms with Gasteiger partial charge < -0.3 is 19.5 Å². The normalized spacial score (nSPS) is 17.9.